The Morgan fingerprint density at radius 2 is 1.92 bits per heavy atom. The van der Waals surface area contributed by atoms with Gasteiger partial charge in [0.15, 0.2) is 0 Å². The number of nitrogens with zero attached hydrogens (tertiary/aromatic N) is 1. The van der Waals surface area contributed by atoms with Gasteiger partial charge < -0.3 is 16.2 Å². The van der Waals surface area contributed by atoms with E-state index in [0.717, 1.165) is 16.9 Å². The van der Waals surface area contributed by atoms with Crippen LogP contribution in [0.4, 0.5) is 10.7 Å². The van der Waals surface area contributed by atoms with Gasteiger partial charge in [-0.15, -0.1) is 11.3 Å². The zero-order chi connectivity index (χ0) is 17.7. The summed E-state index contributed by atoms with van der Waals surface area (Å²) in [6.07, 6.45) is 0. The molecule has 126 valence electrons. The summed E-state index contributed by atoms with van der Waals surface area (Å²) in [6.45, 7) is 3.63. The molecule has 1 aromatic carbocycles. The van der Waals surface area contributed by atoms with Crippen LogP contribution in [-0.4, -0.2) is 24.2 Å². The summed E-state index contributed by atoms with van der Waals surface area (Å²) in [5.74, 6) is -1.18. The molecule has 7 nitrogen and oxygen atoms in total. The molecule has 2 aromatic rings. The van der Waals surface area contributed by atoms with Crippen molar-refractivity contribution in [2.24, 2.45) is 5.10 Å². The number of benzene rings is 1. The van der Waals surface area contributed by atoms with Gasteiger partial charge in [-0.05, 0) is 19.4 Å². The minimum absolute atomic E-state index is 0.000939. The number of carbonyl (C=O) groups excluding carboxylic acids is 2. The molecule has 0 saturated heterocycles. The lowest BCUT2D eigenvalue weighted by molar-refractivity contribution is 0.0529. The van der Waals surface area contributed by atoms with Crippen LogP contribution in [0.2, 0.25) is 0 Å². The van der Waals surface area contributed by atoms with Crippen molar-refractivity contribution in [2.45, 2.75) is 13.8 Å². The van der Waals surface area contributed by atoms with Crippen molar-refractivity contribution in [1.82, 2.24) is 5.43 Å². The van der Waals surface area contributed by atoms with E-state index in [1.807, 2.05) is 30.3 Å². The van der Waals surface area contributed by atoms with Gasteiger partial charge in [-0.25, -0.2) is 10.2 Å². The second-order valence-corrected chi connectivity index (χ2v) is 5.86. The topological polar surface area (TPSA) is 120 Å². The number of anilines is 2. The Hall–Kier alpha value is -2.87. The first-order chi connectivity index (χ1) is 11.5. The number of hydrogen-bond acceptors (Lipinski definition) is 7. The SMILES string of the molecule is CCOC(=O)c1c(N)sc(C(=O)N/N=C(\C)c2ccccc2)c1N. The van der Waals surface area contributed by atoms with Crippen molar-refractivity contribution < 1.29 is 14.3 Å². The molecule has 0 aliphatic carbocycles. The lowest BCUT2D eigenvalue weighted by Crippen LogP contribution is -2.19. The van der Waals surface area contributed by atoms with E-state index in [-0.39, 0.29) is 27.7 Å². The predicted octanol–water partition coefficient (Wildman–Crippen LogP) is 2.24. The first kappa shape index (κ1) is 17.5. The van der Waals surface area contributed by atoms with Gasteiger partial charge in [0.1, 0.15) is 15.4 Å². The molecule has 1 aromatic heterocycles. The molecule has 1 heterocycles. The standard InChI is InChI=1S/C16H18N4O3S/c1-3-23-16(22)11-12(17)13(24-14(11)18)15(21)20-19-9(2)10-7-5-4-6-8-10/h4-8H,3,17-18H2,1-2H3,(H,20,21)/b19-9+. The van der Waals surface area contributed by atoms with Gasteiger partial charge in [0.2, 0.25) is 0 Å². The Balaban J connectivity index is 2.19. The smallest absolute Gasteiger partial charge is 0.343 e. The molecule has 1 amide bonds. The highest BCUT2D eigenvalue weighted by atomic mass is 32.1. The van der Waals surface area contributed by atoms with Gasteiger partial charge in [-0.3, -0.25) is 4.79 Å². The van der Waals surface area contributed by atoms with Crippen LogP contribution < -0.4 is 16.9 Å². The van der Waals surface area contributed by atoms with Gasteiger partial charge in [0, 0.05) is 0 Å². The summed E-state index contributed by atoms with van der Waals surface area (Å²) in [6, 6.07) is 9.39. The molecule has 5 N–H and O–H groups in total. The number of amides is 1. The average Bonchev–Trinajstić information content (AvgIpc) is 2.88. The monoisotopic (exact) mass is 346 g/mol. The summed E-state index contributed by atoms with van der Waals surface area (Å²) in [4.78, 5) is 24.2. The highest BCUT2D eigenvalue weighted by Gasteiger charge is 2.25. The maximum absolute atomic E-state index is 12.3. The molecule has 0 bridgehead atoms. The van der Waals surface area contributed by atoms with E-state index < -0.39 is 11.9 Å². The van der Waals surface area contributed by atoms with E-state index in [1.54, 1.807) is 13.8 Å². The molecule has 0 aliphatic heterocycles. The molecule has 0 radical (unpaired) electrons. The lowest BCUT2D eigenvalue weighted by Gasteiger charge is -2.03. The van der Waals surface area contributed by atoms with Gasteiger partial charge in [0.25, 0.3) is 5.91 Å². The van der Waals surface area contributed by atoms with E-state index in [0.29, 0.717) is 5.71 Å². The summed E-state index contributed by atoms with van der Waals surface area (Å²) in [5.41, 5.74) is 15.6. The number of rotatable bonds is 5. The van der Waals surface area contributed by atoms with Crippen molar-refractivity contribution in [3.63, 3.8) is 0 Å². The summed E-state index contributed by atoms with van der Waals surface area (Å²) in [5, 5.41) is 4.18. The number of nitrogens with one attached hydrogen (secondary N) is 1. The second-order valence-electron chi connectivity index (χ2n) is 4.81. The molecule has 0 aliphatic rings. The molecule has 0 unspecified atom stereocenters. The molecule has 24 heavy (non-hydrogen) atoms. The molecular weight excluding hydrogens is 328 g/mol. The third-order valence-electron chi connectivity index (χ3n) is 3.17. The van der Waals surface area contributed by atoms with Crippen molar-refractivity contribution in [2.75, 3.05) is 18.1 Å². The Kier molecular flexibility index (Phi) is 5.54. The van der Waals surface area contributed by atoms with Gasteiger partial charge in [-0.1, -0.05) is 30.3 Å². The summed E-state index contributed by atoms with van der Waals surface area (Å²) < 4.78 is 4.89. The van der Waals surface area contributed by atoms with Crippen molar-refractivity contribution in [1.29, 1.82) is 0 Å². The fourth-order valence-electron chi connectivity index (χ4n) is 1.97. The molecule has 8 heteroatoms. The van der Waals surface area contributed by atoms with E-state index in [2.05, 4.69) is 10.5 Å². The maximum atomic E-state index is 12.3. The van der Waals surface area contributed by atoms with Crippen LogP contribution in [0.25, 0.3) is 0 Å². The van der Waals surface area contributed by atoms with Gasteiger partial charge in [-0.2, -0.15) is 5.10 Å². The Morgan fingerprint density at radius 3 is 2.54 bits per heavy atom. The average molecular weight is 346 g/mol. The van der Waals surface area contributed by atoms with E-state index >= 15 is 0 Å². The van der Waals surface area contributed by atoms with Gasteiger partial charge >= 0.3 is 5.97 Å². The third-order valence-corrected chi connectivity index (χ3v) is 4.21. The maximum Gasteiger partial charge on any atom is 0.343 e. The first-order valence-corrected chi connectivity index (χ1v) is 8.02. The summed E-state index contributed by atoms with van der Waals surface area (Å²) in [7, 11) is 0. The van der Waals surface area contributed by atoms with Crippen LogP contribution in [0.1, 0.15) is 39.4 Å². The molecule has 0 fully saturated rings. The predicted molar refractivity (Wildman–Crippen MR) is 95.2 cm³/mol. The fraction of sp³-hybridized carbons (Fsp3) is 0.188. The number of esters is 1. The van der Waals surface area contributed by atoms with Crippen molar-refractivity contribution in [3.05, 3.63) is 46.3 Å². The van der Waals surface area contributed by atoms with Crippen LogP contribution in [-0.2, 0) is 4.74 Å². The quantitative estimate of drug-likeness (QED) is 0.436. The molecule has 0 saturated carbocycles. The van der Waals surface area contributed by atoms with Crippen molar-refractivity contribution >= 4 is 39.6 Å². The third kappa shape index (κ3) is 3.72. The Morgan fingerprint density at radius 1 is 1.25 bits per heavy atom. The molecule has 0 atom stereocenters. The minimum atomic E-state index is -0.647. The Labute approximate surface area is 143 Å². The highest BCUT2D eigenvalue weighted by molar-refractivity contribution is 7.18. The van der Waals surface area contributed by atoms with Crippen LogP contribution in [0, 0.1) is 0 Å². The second kappa shape index (κ2) is 7.60. The number of nitrogens with two attached hydrogens (primary N) is 2. The minimum Gasteiger partial charge on any atom is -0.462 e. The number of hydrogen-bond donors (Lipinski definition) is 3. The number of carbonyl (C=O) groups is 2. The van der Waals surface area contributed by atoms with Crippen LogP contribution in [0.3, 0.4) is 0 Å². The molecule has 0 spiro atoms. The summed E-state index contributed by atoms with van der Waals surface area (Å²) >= 11 is 0.921. The number of nitrogen functional groups attached to an aromatic ring is 2. The number of thiophene rings is 1. The normalized spacial score (nSPS) is 11.2. The largest absolute Gasteiger partial charge is 0.462 e. The fourth-order valence-corrected chi connectivity index (χ4v) is 2.84. The zero-order valence-electron chi connectivity index (χ0n) is 13.3. The molecule has 2 rings (SSSR count). The van der Waals surface area contributed by atoms with E-state index in [4.69, 9.17) is 16.2 Å². The van der Waals surface area contributed by atoms with E-state index in [9.17, 15) is 9.59 Å². The lowest BCUT2D eigenvalue weighted by atomic mass is 10.1. The first-order valence-electron chi connectivity index (χ1n) is 7.20. The number of hydrazone groups is 1. The van der Waals surface area contributed by atoms with Crippen LogP contribution in [0.5, 0.6) is 0 Å². The molecular formula is C16H18N4O3S. The Bertz CT molecular complexity index is 784. The highest BCUT2D eigenvalue weighted by Crippen LogP contribution is 2.33. The van der Waals surface area contributed by atoms with Gasteiger partial charge in [0.05, 0.1) is 18.0 Å². The van der Waals surface area contributed by atoms with Crippen LogP contribution in [0.15, 0.2) is 35.4 Å². The van der Waals surface area contributed by atoms with E-state index in [1.165, 1.54) is 0 Å². The van der Waals surface area contributed by atoms with Crippen LogP contribution >= 0.6 is 11.3 Å². The van der Waals surface area contributed by atoms with Crippen molar-refractivity contribution in [3.8, 4) is 0 Å². The zero-order valence-corrected chi connectivity index (χ0v) is 14.1. The number of ether oxygens (including phenoxy) is 1.